The van der Waals surface area contributed by atoms with Gasteiger partial charge in [0.1, 0.15) is 24.4 Å². The lowest BCUT2D eigenvalue weighted by atomic mass is 9.99. The normalized spacial score (nSPS) is 20.5. The topological polar surface area (TPSA) is 149 Å². The smallest absolute Gasteiger partial charge is 0.220 e. The number of nitrogens with one attached hydrogen (secondary N) is 1. The van der Waals surface area contributed by atoms with Gasteiger partial charge in [0.15, 0.2) is 6.29 Å². The molecule has 6 N–H and O–H groups in total. The number of rotatable bonds is 44. The standard InChI is InChI=1S/C55H99NO8/c1-3-5-7-9-11-13-15-17-19-21-22-23-24-25-26-27-28-29-31-33-35-37-39-41-43-45-51(59)56-48(47-63-55-54(62)53(61)52(60)50(46-57)64-55)49(58)44-42-40-38-36-34-32-30-20-18-16-14-12-10-8-6-4-2/h15,17-18,20-22,34,36,42,44,48-50,52-55,57-58,60-62H,3-14,16,19,23-33,35,37-41,43,45-47H2,1-2H3,(H,56,59)/b17-15-,20-18+,22-21-,36-34+,44-42+. The van der Waals surface area contributed by atoms with E-state index >= 15 is 0 Å². The summed E-state index contributed by atoms with van der Waals surface area (Å²) in [5, 5.41) is 54.3. The van der Waals surface area contributed by atoms with Gasteiger partial charge < -0.3 is 40.3 Å². The van der Waals surface area contributed by atoms with Crippen LogP contribution in [0.2, 0.25) is 0 Å². The first-order valence-corrected chi connectivity index (χ1v) is 26.5. The summed E-state index contributed by atoms with van der Waals surface area (Å²) in [5.41, 5.74) is 0. The summed E-state index contributed by atoms with van der Waals surface area (Å²) >= 11 is 0. The maximum absolute atomic E-state index is 13.0. The number of aliphatic hydroxyl groups excluding tert-OH is 5. The maximum atomic E-state index is 13.0. The first kappa shape index (κ1) is 59.9. The van der Waals surface area contributed by atoms with Gasteiger partial charge in [0.25, 0.3) is 0 Å². The molecule has 0 aromatic rings. The van der Waals surface area contributed by atoms with Crippen molar-refractivity contribution in [2.24, 2.45) is 0 Å². The molecule has 1 amide bonds. The van der Waals surface area contributed by atoms with Crippen molar-refractivity contribution in [1.82, 2.24) is 5.32 Å². The summed E-state index contributed by atoms with van der Waals surface area (Å²) in [6.07, 6.45) is 52.7. The fourth-order valence-corrected chi connectivity index (χ4v) is 8.04. The zero-order valence-corrected chi connectivity index (χ0v) is 41.0. The zero-order valence-electron chi connectivity index (χ0n) is 41.0. The molecule has 0 spiro atoms. The van der Waals surface area contributed by atoms with Crippen LogP contribution in [0.3, 0.4) is 0 Å². The Balaban J connectivity index is 2.27. The molecule has 0 radical (unpaired) electrons. The molecule has 0 aromatic heterocycles. The lowest BCUT2D eigenvalue weighted by Crippen LogP contribution is -2.60. The summed E-state index contributed by atoms with van der Waals surface area (Å²) in [6.45, 7) is 3.74. The van der Waals surface area contributed by atoms with E-state index in [0.717, 1.165) is 57.8 Å². The van der Waals surface area contributed by atoms with Gasteiger partial charge in [-0.15, -0.1) is 0 Å². The molecule has 0 saturated carbocycles. The average molecular weight is 902 g/mol. The molecule has 372 valence electrons. The van der Waals surface area contributed by atoms with Crippen LogP contribution in [0.15, 0.2) is 60.8 Å². The lowest BCUT2D eigenvalue weighted by Gasteiger charge is -2.40. The molecule has 9 nitrogen and oxygen atoms in total. The second-order valence-corrected chi connectivity index (χ2v) is 18.3. The minimum Gasteiger partial charge on any atom is -0.394 e. The summed E-state index contributed by atoms with van der Waals surface area (Å²) in [6, 6.07) is -0.830. The summed E-state index contributed by atoms with van der Waals surface area (Å²) in [4.78, 5) is 13.0. The van der Waals surface area contributed by atoms with Gasteiger partial charge >= 0.3 is 0 Å². The number of amides is 1. The van der Waals surface area contributed by atoms with E-state index < -0.39 is 49.5 Å². The van der Waals surface area contributed by atoms with E-state index in [1.54, 1.807) is 6.08 Å². The number of hydrogen-bond acceptors (Lipinski definition) is 8. The summed E-state index contributed by atoms with van der Waals surface area (Å²) < 4.78 is 11.2. The number of ether oxygens (including phenoxy) is 2. The van der Waals surface area contributed by atoms with Gasteiger partial charge in [-0.2, -0.15) is 0 Å². The van der Waals surface area contributed by atoms with Crippen LogP contribution in [0, 0.1) is 0 Å². The van der Waals surface area contributed by atoms with Crippen LogP contribution in [0.4, 0.5) is 0 Å². The van der Waals surface area contributed by atoms with Crippen molar-refractivity contribution in [2.45, 2.75) is 269 Å². The second-order valence-electron chi connectivity index (χ2n) is 18.3. The van der Waals surface area contributed by atoms with Crippen molar-refractivity contribution in [3.05, 3.63) is 60.8 Å². The van der Waals surface area contributed by atoms with Crippen LogP contribution in [0.1, 0.15) is 226 Å². The van der Waals surface area contributed by atoms with Crippen LogP contribution in [-0.2, 0) is 14.3 Å². The second kappa shape index (κ2) is 44.7. The molecule has 0 bridgehead atoms. The molecular formula is C55H99NO8. The third-order valence-corrected chi connectivity index (χ3v) is 12.3. The monoisotopic (exact) mass is 902 g/mol. The molecule has 1 fully saturated rings. The molecule has 1 saturated heterocycles. The minimum absolute atomic E-state index is 0.193. The highest BCUT2D eigenvalue weighted by atomic mass is 16.7. The van der Waals surface area contributed by atoms with Crippen LogP contribution in [0.5, 0.6) is 0 Å². The number of carbonyl (C=O) groups excluding carboxylic acids is 1. The molecule has 1 heterocycles. The Morgan fingerprint density at radius 2 is 0.938 bits per heavy atom. The maximum Gasteiger partial charge on any atom is 0.220 e. The summed E-state index contributed by atoms with van der Waals surface area (Å²) in [5.74, 6) is -0.193. The van der Waals surface area contributed by atoms with Crippen LogP contribution in [0.25, 0.3) is 0 Å². The quantitative estimate of drug-likeness (QED) is 0.0262. The molecule has 7 unspecified atom stereocenters. The van der Waals surface area contributed by atoms with Crippen LogP contribution < -0.4 is 5.32 Å². The van der Waals surface area contributed by atoms with E-state index in [9.17, 15) is 30.3 Å². The Kier molecular flexibility index (Phi) is 41.9. The number of aliphatic hydroxyl groups is 5. The highest BCUT2D eigenvalue weighted by Gasteiger charge is 2.44. The van der Waals surface area contributed by atoms with E-state index in [0.29, 0.717) is 6.42 Å². The first-order chi connectivity index (χ1) is 31.3. The molecule has 7 atom stereocenters. The fraction of sp³-hybridized carbons (Fsp3) is 0.800. The molecule has 0 aliphatic carbocycles. The van der Waals surface area contributed by atoms with Gasteiger partial charge in [-0.3, -0.25) is 4.79 Å². The van der Waals surface area contributed by atoms with Crippen molar-refractivity contribution >= 4 is 5.91 Å². The summed E-state index contributed by atoms with van der Waals surface area (Å²) in [7, 11) is 0. The number of allylic oxidation sites excluding steroid dienone is 9. The third kappa shape index (κ3) is 34.2. The Morgan fingerprint density at radius 3 is 1.41 bits per heavy atom. The molecule has 64 heavy (non-hydrogen) atoms. The van der Waals surface area contributed by atoms with Gasteiger partial charge in [0, 0.05) is 6.42 Å². The molecule has 1 rings (SSSR count). The van der Waals surface area contributed by atoms with Crippen molar-refractivity contribution in [3.63, 3.8) is 0 Å². The Morgan fingerprint density at radius 1 is 0.531 bits per heavy atom. The Labute approximate surface area is 392 Å². The van der Waals surface area contributed by atoms with Crippen LogP contribution >= 0.6 is 0 Å². The Bertz CT molecular complexity index is 1180. The minimum atomic E-state index is -1.58. The number of unbranched alkanes of at least 4 members (excludes halogenated alkanes) is 26. The zero-order chi connectivity index (χ0) is 46.6. The van der Waals surface area contributed by atoms with E-state index in [1.165, 1.54) is 148 Å². The Hall–Kier alpha value is -2.11. The van der Waals surface area contributed by atoms with Crippen LogP contribution in [-0.4, -0.2) is 87.5 Å². The SMILES string of the molecule is CCCCCCC/C=C\C/C=C\CCCCCCCCCCCCCCCC(=O)NC(COC1OC(CO)C(O)C(O)C1O)C(O)/C=C/CC/C=C/CC/C=C/CCCCCCCC. The van der Waals surface area contributed by atoms with Gasteiger partial charge in [-0.1, -0.05) is 203 Å². The number of carbonyl (C=O) groups is 1. The molecular weight excluding hydrogens is 803 g/mol. The van der Waals surface area contributed by atoms with Crippen molar-refractivity contribution < 1.29 is 39.8 Å². The predicted octanol–water partition coefficient (Wildman–Crippen LogP) is 12.3. The van der Waals surface area contributed by atoms with E-state index in [4.69, 9.17) is 9.47 Å². The van der Waals surface area contributed by atoms with E-state index in [-0.39, 0.29) is 12.5 Å². The van der Waals surface area contributed by atoms with Crippen molar-refractivity contribution in [2.75, 3.05) is 13.2 Å². The molecule has 1 aliphatic rings. The van der Waals surface area contributed by atoms with Gasteiger partial charge in [-0.25, -0.2) is 0 Å². The highest BCUT2D eigenvalue weighted by molar-refractivity contribution is 5.76. The molecule has 0 aromatic carbocycles. The lowest BCUT2D eigenvalue weighted by molar-refractivity contribution is -0.302. The largest absolute Gasteiger partial charge is 0.394 e. The van der Waals surface area contributed by atoms with Gasteiger partial charge in [-0.05, 0) is 77.0 Å². The van der Waals surface area contributed by atoms with Crippen molar-refractivity contribution in [1.29, 1.82) is 0 Å². The fourth-order valence-electron chi connectivity index (χ4n) is 8.04. The molecule has 1 aliphatic heterocycles. The first-order valence-electron chi connectivity index (χ1n) is 26.5. The van der Waals surface area contributed by atoms with E-state index in [1.807, 2.05) is 6.08 Å². The average Bonchev–Trinajstić information content (AvgIpc) is 3.29. The predicted molar refractivity (Wildman–Crippen MR) is 267 cm³/mol. The molecule has 9 heteroatoms. The van der Waals surface area contributed by atoms with Gasteiger partial charge in [0.05, 0.1) is 25.4 Å². The van der Waals surface area contributed by atoms with E-state index in [2.05, 4.69) is 67.8 Å². The number of hydrogen-bond donors (Lipinski definition) is 6. The van der Waals surface area contributed by atoms with Crippen molar-refractivity contribution in [3.8, 4) is 0 Å². The van der Waals surface area contributed by atoms with Gasteiger partial charge in [0.2, 0.25) is 5.91 Å². The third-order valence-electron chi connectivity index (χ3n) is 12.3. The highest BCUT2D eigenvalue weighted by Crippen LogP contribution is 2.23.